The lowest BCUT2D eigenvalue weighted by molar-refractivity contribution is 0.0595. The number of sulfonamides is 1. The smallest absolute Gasteiger partial charge is 0.340 e. The van der Waals surface area contributed by atoms with Crippen LogP contribution in [-0.2, 0) is 34.3 Å². The van der Waals surface area contributed by atoms with Gasteiger partial charge in [-0.05, 0) is 50.5 Å². The van der Waals surface area contributed by atoms with Crippen LogP contribution < -0.4 is 4.72 Å². The van der Waals surface area contributed by atoms with Gasteiger partial charge in [-0.1, -0.05) is 6.07 Å². The molecule has 30 heavy (non-hydrogen) atoms. The van der Waals surface area contributed by atoms with Gasteiger partial charge in [-0.15, -0.1) is 11.3 Å². The molecule has 0 fully saturated rings. The molecule has 0 amide bonds. The van der Waals surface area contributed by atoms with Crippen LogP contribution in [-0.4, -0.2) is 38.5 Å². The number of ether oxygens (including phenoxy) is 1. The molecule has 0 bridgehead atoms. The van der Waals surface area contributed by atoms with Gasteiger partial charge in [-0.3, -0.25) is 4.90 Å². The van der Waals surface area contributed by atoms with Gasteiger partial charge in [0.25, 0.3) is 10.0 Å². The Labute approximate surface area is 178 Å². The third-order valence-electron chi connectivity index (χ3n) is 4.57. The quantitative estimate of drug-likeness (QED) is 0.695. The molecule has 0 saturated carbocycles. The van der Waals surface area contributed by atoms with Crippen LogP contribution in [0.25, 0.3) is 0 Å². The molecule has 6 nitrogen and oxygen atoms in total. The number of hydrogen-bond donors (Lipinski definition) is 1. The van der Waals surface area contributed by atoms with E-state index in [0.717, 1.165) is 28.3 Å². The minimum absolute atomic E-state index is 0.0519. The van der Waals surface area contributed by atoms with Crippen molar-refractivity contribution in [1.29, 1.82) is 0 Å². The largest absolute Gasteiger partial charge is 0.465 e. The van der Waals surface area contributed by atoms with Crippen LogP contribution in [0.5, 0.6) is 0 Å². The molecular formula is C20H24F2N2O4S2. The van der Waals surface area contributed by atoms with Crippen molar-refractivity contribution in [3.05, 3.63) is 51.4 Å². The highest BCUT2D eigenvalue weighted by Gasteiger charge is 2.35. The first kappa shape index (κ1) is 22.8. The average molecular weight is 459 g/mol. The Morgan fingerprint density at radius 3 is 2.57 bits per heavy atom. The van der Waals surface area contributed by atoms with E-state index in [1.165, 1.54) is 13.2 Å². The Morgan fingerprint density at radius 2 is 1.97 bits per heavy atom. The Bertz CT molecular complexity index is 1080. The van der Waals surface area contributed by atoms with Gasteiger partial charge in [0.15, 0.2) is 11.6 Å². The van der Waals surface area contributed by atoms with Crippen LogP contribution in [0.15, 0.2) is 22.4 Å². The molecule has 2 heterocycles. The van der Waals surface area contributed by atoms with Crippen molar-refractivity contribution in [3.8, 4) is 0 Å². The molecule has 0 atom stereocenters. The second kappa shape index (κ2) is 8.33. The summed E-state index contributed by atoms with van der Waals surface area (Å²) in [5.74, 6) is -2.49. The number of rotatable bonds is 5. The van der Waals surface area contributed by atoms with E-state index in [2.05, 4.69) is 4.72 Å². The summed E-state index contributed by atoms with van der Waals surface area (Å²) in [4.78, 5) is 15.2. The fraction of sp³-hybridized carbons (Fsp3) is 0.450. The lowest BCUT2D eigenvalue weighted by Crippen LogP contribution is -2.40. The molecule has 0 unspecified atom stereocenters. The highest BCUT2D eigenvalue weighted by molar-refractivity contribution is 7.91. The number of benzene rings is 1. The zero-order chi connectivity index (χ0) is 22.3. The molecular weight excluding hydrogens is 434 g/mol. The second-order valence-electron chi connectivity index (χ2n) is 8.22. The molecule has 3 rings (SSSR count). The lowest BCUT2D eigenvalue weighted by atomic mass is 10.0. The fourth-order valence-electron chi connectivity index (χ4n) is 3.41. The molecule has 1 aromatic heterocycles. The fourth-order valence-corrected chi connectivity index (χ4v) is 6.76. The minimum Gasteiger partial charge on any atom is -0.465 e. The van der Waals surface area contributed by atoms with Crippen LogP contribution in [0, 0.1) is 11.6 Å². The summed E-state index contributed by atoms with van der Waals surface area (Å²) in [5, 5.41) is 0. The van der Waals surface area contributed by atoms with E-state index in [-0.39, 0.29) is 9.77 Å². The molecule has 10 heteroatoms. The van der Waals surface area contributed by atoms with Crippen molar-refractivity contribution in [2.24, 2.45) is 0 Å². The number of fused-ring (bicyclic) bond motifs is 1. The summed E-state index contributed by atoms with van der Waals surface area (Å²) in [5.41, 5.74) is 0.656. The Kier molecular flexibility index (Phi) is 6.33. The number of hydrogen-bond acceptors (Lipinski definition) is 6. The van der Waals surface area contributed by atoms with Crippen LogP contribution in [0.1, 0.15) is 47.1 Å². The van der Waals surface area contributed by atoms with Crippen molar-refractivity contribution in [1.82, 2.24) is 9.62 Å². The summed E-state index contributed by atoms with van der Waals surface area (Å²) >= 11 is 1.05. The van der Waals surface area contributed by atoms with E-state index in [1.54, 1.807) is 20.8 Å². The molecule has 0 saturated heterocycles. The van der Waals surface area contributed by atoms with Crippen molar-refractivity contribution >= 4 is 27.3 Å². The highest BCUT2D eigenvalue weighted by Crippen LogP contribution is 2.37. The standard InChI is InChI=1S/C20H24F2N2O4S2/c1-20(2,3)23-30(26,27)19-17(18(25)28-4)13-7-8-24(11-16(13)29-19)10-12-5-6-14(21)15(22)9-12/h5-6,9,23H,7-8,10-11H2,1-4H3. The maximum Gasteiger partial charge on any atom is 0.340 e. The number of esters is 1. The van der Waals surface area contributed by atoms with Crippen molar-refractivity contribution in [2.75, 3.05) is 13.7 Å². The van der Waals surface area contributed by atoms with Crippen LogP contribution in [0.2, 0.25) is 0 Å². The highest BCUT2D eigenvalue weighted by atomic mass is 32.2. The van der Waals surface area contributed by atoms with E-state index in [4.69, 9.17) is 4.74 Å². The van der Waals surface area contributed by atoms with Crippen LogP contribution >= 0.6 is 11.3 Å². The summed E-state index contributed by atoms with van der Waals surface area (Å²) < 4.78 is 60.0. The zero-order valence-corrected chi connectivity index (χ0v) is 18.8. The molecule has 164 valence electrons. The molecule has 2 aromatic rings. The third-order valence-corrected chi connectivity index (χ3v) is 8.06. The summed E-state index contributed by atoms with van der Waals surface area (Å²) in [6, 6.07) is 3.76. The molecule has 0 spiro atoms. The van der Waals surface area contributed by atoms with Gasteiger partial charge >= 0.3 is 5.97 Å². The predicted molar refractivity (Wildman–Crippen MR) is 110 cm³/mol. The number of carbonyl (C=O) groups excluding carboxylic acids is 1. The number of nitrogens with one attached hydrogen (secondary N) is 1. The first-order chi connectivity index (χ1) is 13.9. The Morgan fingerprint density at radius 1 is 1.27 bits per heavy atom. The molecule has 1 aromatic carbocycles. The molecule has 0 radical (unpaired) electrons. The molecule has 0 aliphatic carbocycles. The van der Waals surface area contributed by atoms with Gasteiger partial charge in [0, 0.05) is 30.1 Å². The van der Waals surface area contributed by atoms with Crippen molar-refractivity contribution < 1.29 is 26.7 Å². The van der Waals surface area contributed by atoms with Gasteiger partial charge in [-0.2, -0.15) is 0 Å². The maximum absolute atomic E-state index is 13.5. The molecule has 1 N–H and O–H groups in total. The first-order valence-electron chi connectivity index (χ1n) is 9.34. The van der Waals surface area contributed by atoms with Crippen LogP contribution in [0.4, 0.5) is 8.78 Å². The van der Waals surface area contributed by atoms with Gasteiger partial charge in [0.2, 0.25) is 0 Å². The van der Waals surface area contributed by atoms with Gasteiger partial charge in [0.05, 0.1) is 12.7 Å². The first-order valence-corrected chi connectivity index (χ1v) is 11.6. The van der Waals surface area contributed by atoms with E-state index in [1.807, 2.05) is 4.90 Å². The summed E-state index contributed by atoms with van der Waals surface area (Å²) in [6.45, 7) is 6.48. The molecule has 1 aliphatic rings. The zero-order valence-electron chi connectivity index (χ0n) is 17.2. The Hall–Kier alpha value is -1.88. The number of nitrogens with zero attached hydrogens (tertiary/aromatic N) is 1. The number of thiophene rings is 1. The topological polar surface area (TPSA) is 75.7 Å². The van der Waals surface area contributed by atoms with E-state index >= 15 is 0 Å². The molecule has 1 aliphatic heterocycles. The number of halogens is 2. The lowest BCUT2D eigenvalue weighted by Gasteiger charge is -2.27. The second-order valence-corrected chi connectivity index (χ2v) is 11.2. The van der Waals surface area contributed by atoms with Gasteiger partial charge in [-0.25, -0.2) is 26.7 Å². The normalized spacial score (nSPS) is 15.1. The summed E-state index contributed by atoms with van der Waals surface area (Å²) in [6.07, 6.45) is 0.449. The summed E-state index contributed by atoms with van der Waals surface area (Å²) in [7, 11) is -2.71. The van der Waals surface area contributed by atoms with E-state index in [9.17, 15) is 22.0 Å². The number of methoxy groups -OCH3 is 1. The monoisotopic (exact) mass is 458 g/mol. The van der Waals surface area contributed by atoms with Crippen molar-refractivity contribution in [2.45, 2.75) is 50.0 Å². The van der Waals surface area contributed by atoms with Gasteiger partial charge < -0.3 is 4.74 Å². The van der Waals surface area contributed by atoms with Crippen LogP contribution in [0.3, 0.4) is 0 Å². The van der Waals surface area contributed by atoms with Crippen molar-refractivity contribution in [3.63, 3.8) is 0 Å². The van der Waals surface area contributed by atoms with Gasteiger partial charge in [0.1, 0.15) is 4.21 Å². The Balaban J connectivity index is 1.93. The maximum atomic E-state index is 13.5. The van der Waals surface area contributed by atoms with E-state index < -0.39 is 33.2 Å². The average Bonchev–Trinajstić information content (AvgIpc) is 3.02. The van der Waals surface area contributed by atoms with E-state index in [0.29, 0.717) is 37.2 Å². The third kappa shape index (κ3) is 4.88. The number of carbonyl (C=O) groups is 1. The minimum atomic E-state index is -3.93. The predicted octanol–water partition coefficient (Wildman–Crippen LogP) is 3.45. The SMILES string of the molecule is COC(=O)c1c(S(=O)(=O)NC(C)(C)C)sc2c1CCN(Cc1ccc(F)c(F)c1)C2.